The minimum Gasteiger partial charge on any atom is -0.396 e. The molecule has 0 aromatic heterocycles. The van der Waals surface area contributed by atoms with Gasteiger partial charge in [-0.25, -0.2) is 0 Å². The summed E-state index contributed by atoms with van der Waals surface area (Å²) >= 11 is 0. The molecule has 0 saturated heterocycles. The molecule has 78 valence electrons. The molecule has 0 aromatic rings. The highest BCUT2D eigenvalue weighted by Crippen LogP contribution is 2.80. The van der Waals surface area contributed by atoms with E-state index < -0.39 is 0 Å². The van der Waals surface area contributed by atoms with Gasteiger partial charge in [0.25, 0.3) is 0 Å². The van der Waals surface area contributed by atoms with E-state index in [9.17, 15) is 10.2 Å². The van der Waals surface area contributed by atoms with Crippen LogP contribution in [-0.4, -0.2) is 22.9 Å². The van der Waals surface area contributed by atoms with Gasteiger partial charge in [0.2, 0.25) is 0 Å². The van der Waals surface area contributed by atoms with Crippen molar-refractivity contribution in [1.29, 1.82) is 0 Å². The Kier molecular flexibility index (Phi) is 1.27. The lowest BCUT2D eigenvalue weighted by atomic mass is 9.71. The standard InChI is InChI=1S/C12H18O2/c13-5-8-7-3-6-1-2-9(7)12(6)4-10(12)11(8)14/h6-11,13-14H,1-5H2. The van der Waals surface area contributed by atoms with E-state index in [-0.39, 0.29) is 18.6 Å². The van der Waals surface area contributed by atoms with Crippen molar-refractivity contribution in [2.24, 2.45) is 35.0 Å². The van der Waals surface area contributed by atoms with Crippen molar-refractivity contribution in [3.8, 4) is 0 Å². The van der Waals surface area contributed by atoms with Crippen LogP contribution in [-0.2, 0) is 0 Å². The predicted octanol–water partition coefficient (Wildman–Crippen LogP) is 1.02. The van der Waals surface area contributed by atoms with Gasteiger partial charge in [0.05, 0.1) is 6.10 Å². The third-order valence-corrected chi connectivity index (χ3v) is 6.07. The van der Waals surface area contributed by atoms with Gasteiger partial charge < -0.3 is 10.2 Å². The quantitative estimate of drug-likeness (QED) is 0.654. The molecule has 2 N–H and O–H groups in total. The summed E-state index contributed by atoms with van der Waals surface area (Å²) in [7, 11) is 0. The fourth-order valence-electron chi connectivity index (χ4n) is 5.59. The maximum Gasteiger partial charge on any atom is 0.0626 e. The van der Waals surface area contributed by atoms with Crippen molar-refractivity contribution >= 4 is 0 Å². The monoisotopic (exact) mass is 194 g/mol. The predicted molar refractivity (Wildman–Crippen MR) is 51.4 cm³/mol. The number of aliphatic hydroxyl groups excluding tert-OH is 2. The first kappa shape index (κ1) is 8.12. The minimum atomic E-state index is -0.177. The zero-order chi connectivity index (χ0) is 9.50. The molecule has 4 fully saturated rings. The van der Waals surface area contributed by atoms with E-state index in [4.69, 9.17) is 0 Å². The Morgan fingerprint density at radius 3 is 2.86 bits per heavy atom. The van der Waals surface area contributed by atoms with Gasteiger partial charge in [0.15, 0.2) is 0 Å². The van der Waals surface area contributed by atoms with Crippen LogP contribution in [0.2, 0.25) is 0 Å². The molecule has 4 saturated carbocycles. The van der Waals surface area contributed by atoms with Crippen molar-refractivity contribution in [2.75, 3.05) is 6.61 Å². The summed E-state index contributed by atoms with van der Waals surface area (Å²) in [4.78, 5) is 0. The van der Waals surface area contributed by atoms with Crippen molar-refractivity contribution in [3.05, 3.63) is 0 Å². The topological polar surface area (TPSA) is 40.5 Å². The first-order valence-electron chi connectivity index (χ1n) is 6.08. The first-order valence-corrected chi connectivity index (χ1v) is 6.08. The fraction of sp³-hybridized carbons (Fsp3) is 1.00. The molecule has 4 aliphatic rings. The lowest BCUT2D eigenvalue weighted by Crippen LogP contribution is -2.40. The molecule has 7 unspecified atom stereocenters. The normalized spacial score (nSPS) is 68.1. The van der Waals surface area contributed by atoms with Crippen molar-refractivity contribution in [2.45, 2.75) is 31.8 Å². The molecule has 0 heterocycles. The Balaban J connectivity index is 1.79. The van der Waals surface area contributed by atoms with Crippen LogP contribution in [0.1, 0.15) is 25.7 Å². The maximum atomic E-state index is 10.2. The van der Waals surface area contributed by atoms with Crippen LogP contribution in [0, 0.1) is 35.0 Å². The highest BCUT2D eigenvalue weighted by Gasteiger charge is 2.76. The van der Waals surface area contributed by atoms with E-state index in [1.807, 2.05) is 0 Å². The summed E-state index contributed by atoms with van der Waals surface area (Å²) in [5.74, 6) is 3.22. The molecule has 14 heavy (non-hydrogen) atoms. The largest absolute Gasteiger partial charge is 0.396 e. The average Bonchev–Trinajstić information content (AvgIpc) is 2.79. The van der Waals surface area contributed by atoms with E-state index in [0.717, 1.165) is 11.8 Å². The summed E-state index contributed by atoms with van der Waals surface area (Å²) in [6.07, 6.45) is 5.20. The van der Waals surface area contributed by atoms with Crippen molar-refractivity contribution in [3.63, 3.8) is 0 Å². The Morgan fingerprint density at radius 2 is 2.07 bits per heavy atom. The number of rotatable bonds is 1. The molecule has 2 heteroatoms. The van der Waals surface area contributed by atoms with E-state index in [0.29, 0.717) is 17.3 Å². The number of aliphatic hydroxyl groups is 2. The molecule has 0 aliphatic heterocycles. The molecule has 4 bridgehead atoms. The van der Waals surface area contributed by atoms with Gasteiger partial charge >= 0.3 is 0 Å². The third-order valence-electron chi connectivity index (χ3n) is 6.07. The van der Waals surface area contributed by atoms with Gasteiger partial charge in [0.1, 0.15) is 0 Å². The van der Waals surface area contributed by atoms with Gasteiger partial charge in [-0.15, -0.1) is 0 Å². The Hall–Kier alpha value is -0.0800. The van der Waals surface area contributed by atoms with Crippen LogP contribution in [0.3, 0.4) is 0 Å². The molecule has 4 rings (SSSR count). The molecule has 7 atom stereocenters. The van der Waals surface area contributed by atoms with Gasteiger partial charge in [-0.1, -0.05) is 0 Å². The van der Waals surface area contributed by atoms with E-state index in [1.165, 1.54) is 25.7 Å². The molecule has 0 radical (unpaired) electrons. The van der Waals surface area contributed by atoms with Crippen LogP contribution in [0.15, 0.2) is 0 Å². The average molecular weight is 194 g/mol. The zero-order valence-electron chi connectivity index (χ0n) is 8.39. The van der Waals surface area contributed by atoms with Gasteiger partial charge in [-0.3, -0.25) is 0 Å². The summed E-state index contributed by atoms with van der Waals surface area (Å²) in [6.45, 7) is 0.210. The van der Waals surface area contributed by atoms with E-state index in [2.05, 4.69) is 0 Å². The van der Waals surface area contributed by atoms with Crippen LogP contribution >= 0.6 is 0 Å². The Labute approximate surface area is 84.3 Å². The molecule has 0 aromatic carbocycles. The summed E-state index contributed by atoms with van der Waals surface area (Å²) in [5, 5.41) is 19.5. The first-order chi connectivity index (χ1) is 6.79. The number of hydrogen-bond acceptors (Lipinski definition) is 2. The lowest BCUT2D eigenvalue weighted by Gasteiger charge is -2.37. The SMILES string of the molecule is OCC1C(O)C2CC23C2CCC3C1C2. The smallest absolute Gasteiger partial charge is 0.0626 e. The van der Waals surface area contributed by atoms with Crippen LogP contribution in [0.4, 0.5) is 0 Å². The molecule has 4 aliphatic carbocycles. The second-order valence-electron chi connectivity index (χ2n) is 6.04. The third kappa shape index (κ3) is 0.619. The van der Waals surface area contributed by atoms with Gasteiger partial charge in [-0.2, -0.15) is 0 Å². The summed E-state index contributed by atoms with van der Waals surface area (Å²) < 4.78 is 0. The van der Waals surface area contributed by atoms with Crippen molar-refractivity contribution in [1.82, 2.24) is 0 Å². The van der Waals surface area contributed by atoms with E-state index >= 15 is 0 Å². The lowest BCUT2D eigenvalue weighted by molar-refractivity contribution is -0.0288. The summed E-state index contributed by atoms with van der Waals surface area (Å²) in [6, 6.07) is 0. The fourth-order valence-corrected chi connectivity index (χ4v) is 5.59. The van der Waals surface area contributed by atoms with E-state index in [1.54, 1.807) is 0 Å². The highest BCUT2D eigenvalue weighted by atomic mass is 16.3. The van der Waals surface area contributed by atoms with Crippen LogP contribution in [0.5, 0.6) is 0 Å². The Morgan fingerprint density at radius 1 is 1.21 bits per heavy atom. The van der Waals surface area contributed by atoms with Crippen LogP contribution < -0.4 is 0 Å². The Bertz CT molecular complexity index is 290. The number of hydrogen-bond donors (Lipinski definition) is 2. The zero-order valence-corrected chi connectivity index (χ0v) is 8.39. The van der Waals surface area contributed by atoms with Gasteiger partial charge in [-0.05, 0) is 54.8 Å². The second-order valence-corrected chi connectivity index (χ2v) is 6.04. The molecular weight excluding hydrogens is 176 g/mol. The minimum absolute atomic E-state index is 0.177. The molecule has 0 amide bonds. The van der Waals surface area contributed by atoms with Crippen LogP contribution in [0.25, 0.3) is 0 Å². The highest BCUT2D eigenvalue weighted by molar-refractivity contribution is 5.25. The second kappa shape index (κ2) is 2.19. The maximum absolute atomic E-state index is 10.2. The van der Waals surface area contributed by atoms with Crippen molar-refractivity contribution < 1.29 is 10.2 Å². The van der Waals surface area contributed by atoms with Gasteiger partial charge in [0, 0.05) is 12.5 Å². The molecule has 1 spiro atoms. The summed E-state index contributed by atoms with van der Waals surface area (Å²) in [5.41, 5.74) is 0.579. The molecule has 2 nitrogen and oxygen atoms in total. The molecular formula is C12H18O2.